The topological polar surface area (TPSA) is 69.1 Å². The molecular weight excluding hydrogens is 294 g/mol. The Hall–Kier alpha value is -1.95. The molecule has 1 aromatic carbocycles. The zero-order chi connectivity index (χ0) is 12.7. The molecule has 2 aromatic heterocycles. The summed E-state index contributed by atoms with van der Waals surface area (Å²) in [5.41, 5.74) is 8.98. The first-order valence-corrected chi connectivity index (χ1v) is 6.19. The molecule has 0 saturated carbocycles. The summed E-state index contributed by atoms with van der Waals surface area (Å²) >= 11 is 3.49. The van der Waals surface area contributed by atoms with E-state index in [1.54, 1.807) is 4.52 Å². The van der Waals surface area contributed by atoms with Gasteiger partial charge in [-0.3, -0.25) is 0 Å². The van der Waals surface area contributed by atoms with Crippen LogP contribution in [-0.4, -0.2) is 19.8 Å². The van der Waals surface area contributed by atoms with Crippen LogP contribution in [0.15, 0.2) is 34.8 Å². The number of aryl methyl sites for hydroxylation is 1. The van der Waals surface area contributed by atoms with Crippen molar-refractivity contribution in [1.82, 2.24) is 19.8 Å². The number of hydrogen-bond acceptors (Lipinski definition) is 4. The van der Waals surface area contributed by atoms with Gasteiger partial charge in [-0.05, 0) is 37.3 Å². The zero-order valence-electron chi connectivity index (χ0n) is 9.63. The van der Waals surface area contributed by atoms with Crippen molar-refractivity contribution in [2.45, 2.75) is 6.92 Å². The zero-order valence-corrected chi connectivity index (χ0v) is 11.2. The number of halogens is 1. The lowest BCUT2D eigenvalue weighted by Gasteiger charge is -2.04. The molecule has 0 fully saturated rings. The normalized spacial score (nSPS) is 11.0. The summed E-state index contributed by atoms with van der Waals surface area (Å²) in [5, 5.41) is 12.7. The Morgan fingerprint density at radius 1 is 1.17 bits per heavy atom. The second-order valence-corrected chi connectivity index (χ2v) is 4.86. The molecule has 6 heteroatoms. The number of fused-ring (bicyclic) bond motifs is 1. The molecule has 0 aliphatic carbocycles. The van der Waals surface area contributed by atoms with Crippen molar-refractivity contribution < 1.29 is 0 Å². The van der Waals surface area contributed by atoms with Crippen LogP contribution in [0.3, 0.4) is 0 Å². The molecule has 0 aliphatic rings. The van der Waals surface area contributed by atoms with Crippen LogP contribution >= 0.6 is 15.9 Å². The third-order valence-corrected chi connectivity index (χ3v) is 3.32. The van der Waals surface area contributed by atoms with E-state index in [2.05, 4.69) is 31.2 Å². The number of anilines is 1. The Labute approximate surface area is 112 Å². The van der Waals surface area contributed by atoms with E-state index in [4.69, 9.17) is 5.73 Å². The minimum Gasteiger partial charge on any atom is -0.399 e. The maximum atomic E-state index is 5.81. The highest BCUT2D eigenvalue weighted by Gasteiger charge is 2.12. The average Bonchev–Trinajstić information content (AvgIpc) is 2.75. The fourth-order valence-corrected chi connectivity index (χ4v) is 2.19. The standard InChI is InChI=1S/C12H10BrN5/c1-7-2-5-11-15-16-12(18(11)17-7)9-6-8(14)3-4-10(9)13/h2-6H,14H2,1H3. The summed E-state index contributed by atoms with van der Waals surface area (Å²) in [5.74, 6) is 0.674. The number of benzene rings is 1. The second kappa shape index (κ2) is 4.06. The van der Waals surface area contributed by atoms with Crippen molar-refractivity contribution in [3.63, 3.8) is 0 Å². The first kappa shape index (κ1) is 11.2. The lowest BCUT2D eigenvalue weighted by molar-refractivity contribution is 0.901. The van der Waals surface area contributed by atoms with Crippen molar-refractivity contribution in [3.05, 3.63) is 40.5 Å². The van der Waals surface area contributed by atoms with E-state index in [-0.39, 0.29) is 0 Å². The highest BCUT2D eigenvalue weighted by molar-refractivity contribution is 9.10. The fourth-order valence-electron chi connectivity index (χ4n) is 1.76. The molecule has 90 valence electrons. The first-order valence-electron chi connectivity index (χ1n) is 5.39. The maximum absolute atomic E-state index is 5.81. The van der Waals surface area contributed by atoms with Crippen LogP contribution in [0.4, 0.5) is 5.69 Å². The van der Waals surface area contributed by atoms with Gasteiger partial charge in [0.2, 0.25) is 0 Å². The maximum Gasteiger partial charge on any atom is 0.186 e. The summed E-state index contributed by atoms with van der Waals surface area (Å²) in [6, 6.07) is 9.36. The lowest BCUT2D eigenvalue weighted by atomic mass is 10.2. The number of nitrogens with two attached hydrogens (primary N) is 1. The Bertz CT molecular complexity index is 734. The van der Waals surface area contributed by atoms with Gasteiger partial charge < -0.3 is 5.73 Å². The van der Waals surface area contributed by atoms with E-state index in [9.17, 15) is 0 Å². The van der Waals surface area contributed by atoms with Gasteiger partial charge in [-0.25, -0.2) is 0 Å². The number of aromatic nitrogens is 4. The second-order valence-electron chi connectivity index (χ2n) is 4.01. The molecule has 0 atom stereocenters. The van der Waals surface area contributed by atoms with Crippen LogP contribution in [0.1, 0.15) is 5.69 Å². The molecule has 0 saturated heterocycles. The van der Waals surface area contributed by atoms with Gasteiger partial charge in [-0.2, -0.15) is 9.61 Å². The van der Waals surface area contributed by atoms with Gasteiger partial charge in [-0.15, -0.1) is 10.2 Å². The van der Waals surface area contributed by atoms with Crippen LogP contribution in [-0.2, 0) is 0 Å². The van der Waals surface area contributed by atoms with Crippen LogP contribution < -0.4 is 5.73 Å². The molecule has 0 aliphatic heterocycles. The monoisotopic (exact) mass is 303 g/mol. The van der Waals surface area contributed by atoms with Crippen LogP contribution in [0.25, 0.3) is 17.0 Å². The first-order chi connectivity index (χ1) is 8.65. The van der Waals surface area contributed by atoms with E-state index in [0.717, 1.165) is 15.7 Å². The van der Waals surface area contributed by atoms with Crippen molar-refractivity contribution in [2.24, 2.45) is 0 Å². The Morgan fingerprint density at radius 3 is 2.83 bits per heavy atom. The van der Waals surface area contributed by atoms with E-state index in [1.807, 2.05) is 37.3 Å². The molecule has 0 amide bonds. The molecule has 5 nitrogen and oxygen atoms in total. The van der Waals surface area contributed by atoms with Crippen LogP contribution in [0.2, 0.25) is 0 Å². The molecule has 0 bridgehead atoms. The lowest BCUT2D eigenvalue weighted by Crippen LogP contribution is -1.97. The van der Waals surface area contributed by atoms with Crippen LogP contribution in [0, 0.1) is 6.92 Å². The van der Waals surface area contributed by atoms with E-state index < -0.39 is 0 Å². The molecule has 3 aromatic rings. The third-order valence-electron chi connectivity index (χ3n) is 2.63. The molecule has 2 heterocycles. The molecule has 2 N–H and O–H groups in total. The Kier molecular flexibility index (Phi) is 2.52. The van der Waals surface area contributed by atoms with Crippen molar-refractivity contribution in [2.75, 3.05) is 5.73 Å². The minimum atomic E-state index is 0.674. The largest absolute Gasteiger partial charge is 0.399 e. The number of rotatable bonds is 1. The van der Waals surface area contributed by atoms with Gasteiger partial charge in [0, 0.05) is 15.7 Å². The summed E-state index contributed by atoms with van der Waals surface area (Å²) < 4.78 is 2.63. The van der Waals surface area contributed by atoms with E-state index in [1.165, 1.54) is 0 Å². The van der Waals surface area contributed by atoms with Gasteiger partial charge in [0.15, 0.2) is 11.5 Å². The Morgan fingerprint density at radius 2 is 2.00 bits per heavy atom. The SMILES string of the molecule is Cc1ccc2nnc(-c3cc(N)ccc3Br)n2n1. The molecule has 3 rings (SSSR count). The number of nitrogen functional groups attached to an aromatic ring is 1. The average molecular weight is 304 g/mol. The predicted molar refractivity (Wildman–Crippen MR) is 73.1 cm³/mol. The number of nitrogens with zero attached hydrogens (tertiary/aromatic N) is 4. The summed E-state index contributed by atoms with van der Waals surface area (Å²) in [4.78, 5) is 0. The van der Waals surface area contributed by atoms with Crippen molar-refractivity contribution >= 4 is 27.3 Å². The molecule has 0 unspecified atom stereocenters. The summed E-state index contributed by atoms with van der Waals surface area (Å²) in [7, 11) is 0. The van der Waals surface area contributed by atoms with E-state index >= 15 is 0 Å². The van der Waals surface area contributed by atoms with Gasteiger partial charge in [-0.1, -0.05) is 15.9 Å². The smallest absolute Gasteiger partial charge is 0.186 e. The van der Waals surface area contributed by atoms with E-state index in [0.29, 0.717) is 17.2 Å². The van der Waals surface area contributed by atoms with Gasteiger partial charge in [0.1, 0.15) is 0 Å². The summed E-state index contributed by atoms with van der Waals surface area (Å²) in [6.45, 7) is 1.93. The molecular formula is C12H10BrN5. The quantitative estimate of drug-likeness (QED) is 0.701. The molecule has 0 radical (unpaired) electrons. The van der Waals surface area contributed by atoms with Crippen molar-refractivity contribution in [3.8, 4) is 11.4 Å². The summed E-state index contributed by atoms with van der Waals surface area (Å²) in [6.07, 6.45) is 0. The fraction of sp³-hybridized carbons (Fsp3) is 0.0833. The molecule has 0 spiro atoms. The van der Waals surface area contributed by atoms with Gasteiger partial charge in [0.25, 0.3) is 0 Å². The third kappa shape index (κ3) is 1.74. The van der Waals surface area contributed by atoms with Crippen LogP contribution in [0.5, 0.6) is 0 Å². The minimum absolute atomic E-state index is 0.674. The highest BCUT2D eigenvalue weighted by atomic mass is 79.9. The molecule has 18 heavy (non-hydrogen) atoms. The highest BCUT2D eigenvalue weighted by Crippen LogP contribution is 2.28. The van der Waals surface area contributed by atoms with Crippen molar-refractivity contribution in [1.29, 1.82) is 0 Å². The number of hydrogen-bond donors (Lipinski definition) is 1. The van der Waals surface area contributed by atoms with Gasteiger partial charge in [0.05, 0.1) is 5.69 Å². The Balaban J connectivity index is 2.31. The predicted octanol–water partition coefficient (Wildman–Crippen LogP) is 2.44. The van der Waals surface area contributed by atoms with Gasteiger partial charge >= 0.3 is 0 Å².